The smallest absolute Gasteiger partial charge is 0.0351 e. The molecule has 0 amide bonds. The van der Waals surface area contributed by atoms with Crippen LogP contribution in [-0.4, -0.2) is 4.98 Å². The Kier molecular flexibility index (Phi) is 7.74. The molecule has 1 aromatic heterocycles. The first-order valence-corrected chi connectivity index (χ1v) is 6.01. The lowest BCUT2D eigenvalue weighted by Gasteiger charge is -2.03. The Morgan fingerprint density at radius 3 is 2.53 bits per heavy atom. The maximum Gasteiger partial charge on any atom is 0.0351 e. The van der Waals surface area contributed by atoms with E-state index in [4.69, 9.17) is 0 Å². The van der Waals surface area contributed by atoms with Gasteiger partial charge < -0.3 is 0 Å². The molecule has 1 nitrogen and oxygen atoms in total. The fourth-order valence-corrected chi connectivity index (χ4v) is 1.65. The Balaban J connectivity index is 0.000000921. The minimum atomic E-state index is 1.16. The molecule has 0 saturated carbocycles. The molecular weight excluding hydrogens is 202 g/mol. The van der Waals surface area contributed by atoms with Crippen LogP contribution in [0.5, 0.6) is 0 Å². The maximum absolute atomic E-state index is 4.15. The van der Waals surface area contributed by atoms with E-state index >= 15 is 0 Å². The number of hydrogen-bond acceptors (Lipinski definition) is 2. The second kappa shape index (κ2) is 8.30. The zero-order valence-corrected chi connectivity index (χ0v) is 10.8. The zero-order chi connectivity index (χ0) is 11.7. The van der Waals surface area contributed by atoms with Crippen molar-refractivity contribution in [3.05, 3.63) is 47.6 Å². The summed E-state index contributed by atoms with van der Waals surface area (Å²) in [5, 5.41) is 1.83. The molecule has 0 saturated heterocycles. The lowest BCUT2D eigenvalue weighted by Crippen LogP contribution is -1.83. The van der Waals surface area contributed by atoms with Crippen LogP contribution in [0.2, 0.25) is 0 Å². The predicted octanol–water partition coefficient (Wildman–Crippen LogP) is 4.65. The van der Waals surface area contributed by atoms with Gasteiger partial charge in [-0.2, -0.15) is 0 Å². The van der Waals surface area contributed by atoms with E-state index in [1.807, 2.05) is 45.5 Å². The molecule has 1 rings (SSSR count). The fraction of sp³-hybridized carbons (Fsp3) is 0.308. The molecule has 0 N–H and O–H groups in total. The van der Waals surface area contributed by atoms with Gasteiger partial charge in [-0.05, 0) is 30.9 Å². The van der Waals surface area contributed by atoms with Crippen molar-refractivity contribution < 1.29 is 0 Å². The van der Waals surface area contributed by atoms with E-state index in [9.17, 15) is 0 Å². The van der Waals surface area contributed by atoms with Crippen molar-refractivity contribution in [1.82, 2.24) is 4.98 Å². The fourth-order valence-electron chi connectivity index (χ4n) is 1.08. The van der Waals surface area contributed by atoms with Crippen LogP contribution in [-0.2, 0) is 0 Å². The van der Waals surface area contributed by atoms with Gasteiger partial charge in [0.15, 0.2) is 0 Å². The molecule has 0 aromatic carbocycles. The van der Waals surface area contributed by atoms with Crippen LogP contribution in [0, 0.1) is 6.92 Å². The normalized spacial score (nSPS) is 10.3. The number of nitrogens with zero attached hydrogens (tertiary/aromatic N) is 1. The van der Waals surface area contributed by atoms with E-state index in [0.717, 1.165) is 5.56 Å². The van der Waals surface area contributed by atoms with Crippen LogP contribution < -0.4 is 0 Å². The molecule has 2 heteroatoms. The van der Waals surface area contributed by atoms with Crippen LogP contribution in [0.1, 0.15) is 31.9 Å². The third kappa shape index (κ3) is 4.84. The van der Waals surface area contributed by atoms with Gasteiger partial charge in [0.05, 0.1) is 0 Å². The molecule has 0 atom stereocenters. The third-order valence-electron chi connectivity index (χ3n) is 1.63. The number of hydrogen-bond donors (Lipinski definition) is 0. The third-order valence-corrected chi connectivity index (χ3v) is 2.52. The van der Waals surface area contributed by atoms with E-state index in [1.165, 1.54) is 10.5 Å². The highest BCUT2D eigenvalue weighted by Gasteiger charge is 1.99. The lowest BCUT2D eigenvalue weighted by atomic mass is 10.2. The monoisotopic (exact) mass is 221 g/mol. The van der Waals surface area contributed by atoms with Crippen LogP contribution in [0.25, 0.3) is 4.91 Å². The molecule has 0 fully saturated rings. The summed E-state index contributed by atoms with van der Waals surface area (Å²) in [5.41, 5.74) is 2.34. The Morgan fingerprint density at radius 1 is 1.40 bits per heavy atom. The van der Waals surface area contributed by atoms with Crippen molar-refractivity contribution in [1.29, 1.82) is 0 Å². The molecule has 0 aliphatic carbocycles. The SMILES string of the molecule is C=CS/C(=C\C)c1cncc(C)c1.CC. The summed E-state index contributed by atoms with van der Waals surface area (Å²) < 4.78 is 0. The van der Waals surface area contributed by atoms with Crippen LogP contribution >= 0.6 is 11.8 Å². The van der Waals surface area contributed by atoms with Crippen LogP contribution in [0.4, 0.5) is 0 Å². The number of aryl methyl sites for hydroxylation is 1. The molecule has 1 heterocycles. The van der Waals surface area contributed by atoms with Gasteiger partial charge in [-0.1, -0.05) is 38.3 Å². The van der Waals surface area contributed by atoms with E-state index in [-0.39, 0.29) is 0 Å². The Morgan fingerprint density at radius 2 is 2.07 bits per heavy atom. The molecule has 0 bridgehead atoms. The maximum atomic E-state index is 4.15. The second-order valence-electron chi connectivity index (χ2n) is 2.69. The van der Waals surface area contributed by atoms with E-state index in [2.05, 4.69) is 23.7 Å². The first kappa shape index (κ1) is 14.0. The Bertz CT molecular complexity index is 329. The average molecular weight is 221 g/mol. The molecule has 0 aliphatic rings. The van der Waals surface area contributed by atoms with Crippen molar-refractivity contribution in [2.45, 2.75) is 27.7 Å². The average Bonchev–Trinajstić information content (AvgIpc) is 2.28. The zero-order valence-electron chi connectivity index (χ0n) is 9.95. The molecule has 0 radical (unpaired) electrons. The summed E-state index contributed by atoms with van der Waals surface area (Å²) in [4.78, 5) is 5.35. The van der Waals surface area contributed by atoms with Gasteiger partial charge in [0, 0.05) is 22.9 Å². The van der Waals surface area contributed by atoms with Crippen molar-refractivity contribution in [3.8, 4) is 0 Å². The minimum Gasteiger partial charge on any atom is -0.264 e. The Hall–Kier alpha value is -1.02. The van der Waals surface area contributed by atoms with Gasteiger partial charge in [-0.25, -0.2) is 0 Å². The largest absolute Gasteiger partial charge is 0.264 e. The molecule has 0 spiro atoms. The van der Waals surface area contributed by atoms with Gasteiger partial charge in [0.25, 0.3) is 0 Å². The highest BCUT2D eigenvalue weighted by atomic mass is 32.2. The number of aromatic nitrogens is 1. The summed E-state index contributed by atoms with van der Waals surface area (Å²) in [6.45, 7) is 11.8. The van der Waals surface area contributed by atoms with Crippen LogP contribution in [0.3, 0.4) is 0 Å². The summed E-state index contributed by atoms with van der Waals surface area (Å²) in [6.07, 6.45) is 5.80. The van der Waals surface area contributed by atoms with Gasteiger partial charge in [0.2, 0.25) is 0 Å². The molecule has 0 aliphatic heterocycles. The molecule has 0 unspecified atom stereocenters. The van der Waals surface area contributed by atoms with Gasteiger partial charge in [-0.3, -0.25) is 4.98 Å². The second-order valence-corrected chi connectivity index (χ2v) is 3.70. The van der Waals surface area contributed by atoms with E-state index < -0.39 is 0 Å². The van der Waals surface area contributed by atoms with Crippen molar-refractivity contribution >= 4 is 16.7 Å². The van der Waals surface area contributed by atoms with Gasteiger partial charge in [0.1, 0.15) is 0 Å². The Labute approximate surface area is 97.3 Å². The molecule has 15 heavy (non-hydrogen) atoms. The summed E-state index contributed by atoms with van der Waals surface area (Å²) in [7, 11) is 0. The highest BCUT2D eigenvalue weighted by molar-refractivity contribution is 8.10. The highest BCUT2D eigenvalue weighted by Crippen LogP contribution is 2.27. The quantitative estimate of drug-likeness (QED) is 0.736. The minimum absolute atomic E-state index is 1.16. The van der Waals surface area contributed by atoms with Gasteiger partial charge >= 0.3 is 0 Å². The van der Waals surface area contributed by atoms with Crippen molar-refractivity contribution in [2.24, 2.45) is 0 Å². The first-order chi connectivity index (χ1) is 7.27. The van der Waals surface area contributed by atoms with E-state index in [1.54, 1.807) is 11.8 Å². The number of pyridine rings is 1. The number of rotatable bonds is 3. The summed E-state index contributed by atoms with van der Waals surface area (Å²) in [5.74, 6) is 0. The van der Waals surface area contributed by atoms with Crippen LogP contribution in [0.15, 0.2) is 36.5 Å². The van der Waals surface area contributed by atoms with Crippen molar-refractivity contribution in [3.63, 3.8) is 0 Å². The lowest BCUT2D eigenvalue weighted by molar-refractivity contribution is 1.26. The summed E-state index contributed by atoms with van der Waals surface area (Å²) >= 11 is 1.62. The topological polar surface area (TPSA) is 12.9 Å². The van der Waals surface area contributed by atoms with Gasteiger partial charge in [-0.15, -0.1) is 0 Å². The number of thioether (sulfide) groups is 1. The number of allylic oxidation sites excluding steroid dienone is 1. The standard InChI is InChI=1S/C11H13NS.C2H6/c1-4-11(13-5-2)10-6-9(3)7-12-8-10;1-2/h4-8H,2H2,1,3H3;1-2H3/b11-4-;. The van der Waals surface area contributed by atoms with Crippen molar-refractivity contribution in [2.75, 3.05) is 0 Å². The molecule has 82 valence electrons. The molecular formula is C13H19NS. The first-order valence-electron chi connectivity index (χ1n) is 5.14. The summed E-state index contributed by atoms with van der Waals surface area (Å²) in [6, 6.07) is 2.12. The van der Waals surface area contributed by atoms with E-state index in [0.29, 0.717) is 0 Å². The molecule has 1 aromatic rings. The predicted molar refractivity (Wildman–Crippen MR) is 71.8 cm³/mol.